The molecule has 0 heterocycles. The van der Waals surface area contributed by atoms with Crippen molar-refractivity contribution < 1.29 is 14.7 Å². The number of carboxylic acid groups (broad SMARTS) is 1. The summed E-state index contributed by atoms with van der Waals surface area (Å²) in [6.07, 6.45) is 4.69. The number of hydrogen-bond acceptors (Lipinski definition) is 2. The molecule has 1 aromatic carbocycles. The van der Waals surface area contributed by atoms with E-state index in [0.717, 1.165) is 17.9 Å². The Morgan fingerprint density at radius 2 is 1.83 bits per heavy atom. The number of carbonyl (C=O) groups is 2. The van der Waals surface area contributed by atoms with Gasteiger partial charge in [-0.25, -0.2) is 0 Å². The Morgan fingerprint density at radius 3 is 2.39 bits per heavy atom. The van der Waals surface area contributed by atoms with Crippen molar-refractivity contribution >= 4 is 23.5 Å². The molecule has 2 aliphatic rings. The first-order chi connectivity index (χ1) is 11.0. The van der Waals surface area contributed by atoms with Gasteiger partial charge in [-0.1, -0.05) is 23.7 Å². The van der Waals surface area contributed by atoms with Gasteiger partial charge in [0.2, 0.25) is 5.91 Å². The van der Waals surface area contributed by atoms with Crippen LogP contribution < -0.4 is 5.32 Å². The van der Waals surface area contributed by atoms with E-state index in [1.165, 1.54) is 5.56 Å². The van der Waals surface area contributed by atoms with E-state index >= 15 is 0 Å². The molecule has 0 bridgehead atoms. The second kappa shape index (κ2) is 6.52. The van der Waals surface area contributed by atoms with Crippen LogP contribution in [0.15, 0.2) is 24.3 Å². The Labute approximate surface area is 141 Å². The fraction of sp³-hybridized carbons (Fsp3) is 0.556. The van der Waals surface area contributed by atoms with Gasteiger partial charge in [0.15, 0.2) is 0 Å². The predicted octanol–water partition coefficient (Wildman–Crippen LogP) is 3.38. The molecule has 0 spiro atoms. The SMILES string of the molecule is O=C(O)C1CCC(C(=O)NCC2(c3cccc(Cl)c3)CC2)CC1. The van der Waals surface area contributed by atoms with E-state index in [2.05, 4.69) is 11.4 Å². The van der Waals surface area contributed by atoms with Crippen LogP contribution in [-0.4, -0.2) is 23.5 Å². The molecule has 23 heavy (non-hydrogen) atoms. The lowest BCUT2D eigenvalue weighted by Gasteiger charge is -2.26. The van der Waals surface area contributed by atoms with Gasteiger partial charge in [0, 0.05) is 22.9 Å². The van der Waals surface area contributed by atoms with Crippen molar-refractivity contribution in [3.8, 4) is 0 Å². The number of halogens is 1. The summed E-state index contributed by atoms with van der Waals surface area (Å²) in [4.78, 5) is 23.3. The van der Waals surface area contributed by atoms with Gasteiger partial charge in [0.1, 0.15) is 0 Å². The van der Waals surface area contributed by atoms with E-state index in [4.69, 9.17) is 16.7 Å². The van der Waals surface area contributed by atoms with E-state index in [-0.39, 0.29) is 23.2 Å². The first-order valence-electron chi connectivity index (χ1n) is 8.27. The van der Waals surface area contributed by atoms with Crippen molar-refractivity contribution in [3.63, 3.8) is 0 Å². The molecule has 124 valence electrons. The number of nitrogens with one attached hydrogen (secondary N) is 1. The van der Waals surface area contributed by atoms with Gasteiger partial charge >= 0.3 is 5.97 Å². The molecular formula is C18H22ClNO3. The molecule has 4 nitrogen and oxygen atoms in total. The molecule has 0 saturated heterocycles. The third kappa shape index (κ3) is 3.69. The highest BCUT2D eigenvalue weighted by Gasteiger charge is 2.44. The van der Waals surface area contributed by atoms with Gasteiger partial charge in [0.05, 0.1) is 5.92 Å². The Bertz CT molecular complexity index is 604. The molecule has 0 atom stereocenters. The quantitative estimate of drug-likeness (QED) is 0.866. The average Bonchev–Trinajstić information content (AvgIpc) is 3.34. The van der Waals surface area contributed by atoms with Crippen LogP contribution in [0.5, 0.6) is 0 Å². The zero-order chi connectivity index (χ0) is 16.4. The summed E-state index contributed by atoms with van der Waals surface area (Å²) >= 11 is 6.07. The van der Waals surface area contributed by atoms with Crippen LogP contribution in [0.25, 0.3) is 0 Å². The van der Waals surface area contributed by atoms with Gasteiger partial charge in [-0.3, -0.25) is 9.59 Å². The summed E-state index contributed by atoms with van der Waals surface area (Å²) in [5.74, 6) is -0.982. The van der Waals surface area contributed by atoms with Crippen molar-refractivity contribution in [2.24, 2.45) is 11.8 Å². The van der Waals surface area contributed by atoms with Crippen LogP contribution in [0, 0.1) is 11.8 Å². The Kier molecular flexibility index (Phi) is 4.62. The summed E-state index contributed by atoms with van der Waals surface area (Å²) in [7, 11) is 0. The van der Waals surface area contributed by atoms with Crippen molar-refractivity contribution in [3.05, 3.63) is 34.9 Å². The van der Waals surface area contributed by atoms with E-state index < -0.39 is 5.97 Å². The van der Waals surface area contributed by atoms with Crippen LogP contribution in [0.3, 0.4) is 0 Å². The number of aliphatic carboxylic acids is 1. The minimum atomic E-state index is -0.734. The zero-order valence-corrected chi connectivity index (χ0v) is 13.8. The van der Waals surface area contributed by atoms with Crippen LogP contribution in [0.1, 0.15) is 44.1 Å². The van der Waals surface area contributed by atoms with Crippen LogP contribution in [0.4, 0.5) is 0 Å². The second-order valence-corrected chi connectivity index (χ2v) is 7.33. The van der Waals surface area contributed by atoms with Gasteiger partial charge in [-0.2, -0.15) is 0 Å². The number of amides is 1. The van der Waals surface area contributed by atoms with Gasteiger partial charge in [-0.05, 0) is 56.2 Å². The lowest BCUT2D eigenvalue weighted by molar-refractivity contribution is -0.144. The molecule has 0 aliphatic heterocycles. The van der Waals surface area contributed by atoms with E-state index in [1.54, 1.807) is 0 Å². The molecule has 2 N–H and O–H groups in total. The molecule has 0 aromatic heterocycles. The molecule has 1 aromatic rings. The topological polar surface area (TPSA) is 66.4 Å². The summed E-state index contributed by atoms with van der Waals surface area (Å²) in [6, 6.07) is 7.87. The van der Waals surface area contributed by atoms with Gasteiger partial charge in [-0.15, -0.1) is 0 Å². The number of rotatable bonds is 5. The van der Waals surface area contributed by atoms with Crippen LogP contribution in [0.2, 0.25) is 5.02 Å². The number of carbonyl (C=O) groups excluding carboxylic acids is 1. The number of carboxylic acids is 1. The molecule has 1 amide bonds. The maximum atomic E-state index is 12.4. The highest BCUT2D eigenvalue weighted by atomic mass is 35.5. The van der Waals surface area contributed by atoms with Crippen molar-refractivity contribution in [1.82, 2.24) is 5.32 Å². The fourth-order valence-electron chi connectivity index (χ4n) is 3.54. The zero-order valence-electron chi connectivity index (χ0n) is 13.1. The minimum Gasteiger partial charge on any atom is -0.481 e. The molecule has 2 fully saturated rings. The Hall–Kier alpha value is -1.55. The summed E-state index contributed by atoms with van der Waals surface area (Å²) in [5.41, 5.74) is 1.23. The smallest absolute Gasteiger partial charge is 0.306 e. The molecule has 0 radical (unpaired) electrons. The molecular weight excluding hydrogens is 314 g/mol. The van der Waals surface area contributed by atoms with Crippen molar-refractivity contribution in [2.75, 3.05) is 6.54 Å². The molecule has 2 saturated carbocycles. The monoisotopic (exact) mass is 335 g/mol. The van der Waals surface area contributed by atoms with Crippen molar-refractivity contribution in [1.29, 1.82) is 0 Å². The molecule has 5 heteroatoms. The molecule has 3 rings (SSSR count). The average molecular weight is 336 g/mol. The molecule has 0 unspecified atom stereocenters. The minimum absolute atomic E-state index is 0.0405. The van der Waals surface area contributed by atoms with Crippen molar-refractivity contribution in [2.45, 2.75) is 43.9 Å². The van der Waals surface area contributed by atoms with E-state index in [9.17, 15) is 9.59 Å². The summed E-state index contributed by atoms with van der Waals surface area (Å²) in [5, 5.41) is 12.8. The number of benzene rings is 1. The Balaban J connectivity index is 1.53. The molecule has 2 aliphatic carbocycles. The van der Waals surface area contributed by atoms with E-state index in [0.29, 0.717) is 32.2 Å². The first-order valence-corrected chi connectivity index (χ1v) is 8.64. The van der Waals surface area contributed by atoms with Gasteiger partial charge in [0.25, 0.3) is 0 Å². The lowest BCUT2D eigenvalue weighted by atomic mass is 9.81. The third-order valence-corrected chi connectivity index (χ3v) is 5.57. The highest BCUT2D eigenvalue weighted by molar-refractivity contribution is 6.30. The fourth-order valence-corrected chi connectivity index (χ4v) is 3.73. The first kappa shape index (κ1) is 16.3. The highest BCUT2D eigenvalue weighted by Crippen LogP contribution is 2.48. The Morgan fingerprint density at radius 1 is 1.17 bits per heavy atom. The summed E-state index contributed by atoms with van der Waals surface area (Å²) < 4.78 is 0. The third-order valence-electron chi connectivity index (χ3n) is 5.34. The second-order valence-electron chi connectivity index (χ2n) is 6.90. The van der Waals surface area contributed by atoms with Crippen LogP contribution in [-0.2, 0) is 15.0 Å². The number of hydrogen-bond donors (Lipinski definition) is 2. The van der Waals surface area contributed by atoms with Crippen LogP contribution >= 0.6 is 11.6 Å². The maximum absolute atomic E-state index is 12.4. The standard InChI is InChI=1S/C18H22ClNO3/c19-15-3-1-2-14(10-15)18(8-9-18)11-20-16(21)12-4-6-13(7-5-12)17(22)23/h1-3,10,12-13H,4-9,11H2,(H,20,21)(H,22,23). The lowest BCUT2D eigenvalue weighted by Crippen LogP contribution is -2.38. The maximum Gasteiger partial charge on any atom is 0.306 e. The summed E-state index contributed by atoms with van der Waals surface area (Å²) in [6.45, 7) is 0.644. The largest absolute Gasteiger partial charge is 0.481 e. The normalized spacial score (nSPS) is 25.6. The van der Waals surface area contributed by atoms with E-state index in [1.807, 2.05) is 18.2 Å². The predicted molar refractivity (Wildman–Crippen MR) is 88.5 cm³/mol. The van der Waals surface area contributed by atoms with Gasteiger partial charge < -0.3 is 10.4 Å².